The Morgan fingerprint density at radius 2 is 1.71 bits per heavy atom. The van der Waals surface area contributed by atoms with E-state index in [-0.39, 0.29) is 24.1 Å². The number of hydrogen-bond acceptors (Lipinski definition) is 4. The van der Waals surface area contributed by atoms with Gasteiger partial charge in [0, 0.05) is 24.3 Å². The van der Waals surface area contributed by atoms with E-state index in [4.69, 9.17) is 10.5 Å². The highest BCUT2D eigenvalue weighted by molar-refractivity contribution is 5.94. The lowest BCUT2D eigenvalue weighted by molar-refractivity contribution is 0.0185. The number of carbonyl (C=O) groups is 2. The SMILES string of the molecule is CC(C)COC(=O)N1[C@H](C)CN(C(=O)c2ccc(N)cc2)C[C@@H]1C. The molecule has 0 bridgehead atoms. The molecular weight excluding hydrogens is 306 g/mol. The van der Waals surface area contributed by atoms with Crippen LogP contribution in [0.4, 0.5) is 10.5 Å². The van der Waals surface area contributed by atoms with Crippen molar-refractivity contribution in [2.45, 2.75) is 39.8 Å². The molecule has 132 valence electrons. The van der Waals surface area contributed by atoms with Crippen LogP contribution >= 0.6 is 0 Å². The van der Waals surface area contributed by atoms with Crippen LogP contribution in [-0.4, -0.2) is 53.6 Å². The van der Waals surface area contributed by atoms with Crippen molar-refractivity contribution in [1.82, 2.24) is 9.80 Å². The van der Waals surface area contributed by atoms with Crippen LogP contribution in [0.15, 0.2) is 24.3 Å². The largest absolute Gasteiger partial charge is 0.449 e. The molecule has 2 amide bonds. The van der Waals surface area contributed by atoms with Gasteiger partial charge in [-0.2, -0.15) is 0 Å². The van der Waals surface area contributed by atoms with Gasteiger partial charge in [0.15, 0.2) is 0 Å². The fraction of sp³-hybridized carbons (Fsp3) is 0.556. The van der Waals surface area contributed by atoms with Gasteiger partial charge in [-0.1, -0.05) is 13.8 Å². The molecule has 6 heteroatoms. The minimum absolute atomic E-state index is 0.0381. The third kappa shape index (κ3) is 4.19. The number of ether oxygens (including phenoxy) is 1. The average Bonchev–Trinajstić information content (AvgIpc) is 2.52. The maximum Gasteiger partial charge on any atom is 0.410 e. The molecule has 1 aromatic carbocycles. The first-order chi connectivity index (χ1) is 11.3. The van der Waals surface area contributed by atoms with Crippen LogP contribution in [-0.2, 0) is 4.74 Å². The fourth-order valence-electron chi connectivity index (χ4n) is 2.97. The van der Waals surface area contributed by atoms with Gasteiger partial charge in [0.05, 0.1) is 18.7 Å². The maximum atomic E-state index is 12.6. The Morgan fingerprint density at radius 1 is 1.17 bits per heavy atom. The Labute approximate surface area is 143 Å². The molecule has 0 saturated carbocycles. The molecule has 1 aliphatic rings. The van der Waals surface area contributed by atoms with Crippen molar-refractivity contribution in [2.75, 3.05) is 25.4 Å². The number of benzene rings is 1. The maximum absolute atomic E-state index is 12.6. The van der Waals surface area contributed by atoms with Gasteiger partial charge in [-0.05, 0) is 44.0 Å². The van der Waals surface area contributed by atoms with Gasteiger partial charge < -0.3 is 15.4 Å². The lowest BCUT2D eigenvalue weighted by Crippen LogP contribution is -2.60. The quantitative estimate of drug-likeness (QED) is 0.863. The molecule has 1 aliphatic heterocycles. The molecule has 1 fully saturated rings. The summed E-state index contributed by atoms with van der Waals surface area (Å²) in [5, 5.41) is 0. The molecule has 2 atom stereocenters. The van der Waals surface area contributed by atoms with E-state index in [1.165, 1.54) is 0 Å². The zero-order valence-corrected chi connectivity index (χ0v) is 14.9. The average molecular weight is 333 g/mol. The number of nitrogens with zero attached hydrogens (tertiary/aromatic N) is 2. The Hall–Kier alpha value is -2.24. The summed E-state index contributed by atoms with van der Waals surface area (Å²) >= 11 is 0. The van der Waals surface area contributed by atoms with E-state index in [2.05, 4.69) is 0 Å². The smallest absolute Gasteiger partial charge is 0.410 e. The monoisotopic (exact) mass is 333 g/mol. The van der Waals surface area contributed by atoms with Crippen molar-refractivity contribution in [2.24, 2.45) is 5.92 Å². The third-order valence-corrected chi connectivity index (χ3v) is 4.11. The fourth-order valence-corrected chi connectivity index (χ4v) is 2.97. The van der Waals surface area contributed by atoms with E-state index in [1.807, 2.05) is 27.7 Å². The Balaban J connectivity index is 2.02. The van der Waals surface area contributed by atoms with Crippen LogP contribution in [0, 0.1) is 5.92 Å². The van der Waals surface area contributed by atoms with E-state index >= 15 is 0 Å². The summed E-state index contributed by atoms with van der Waals surface area (Å²) in [5.41, 5.74) is 6.91. The molecule has 0 spiro atoms. The first-order valence-electron chi connectivity index (χ1n) is 8.39. The second kappa shape index (κ2) is 7.55. The number of hydrogen-bond donors (Lipinski definition) is 1. The van der Waals surface area contributed by atoms with Crippen molar-refractivity contribution in [3.8, 4) is 0 Å². The van der Waals surface area contributed by atoms with Crippen molar-refractivity contribution in [1.29, 1.82) is 0 Å². The summed E-state index contributed by atoms with van der Waals surface area (Å²) in [6, 6.07) is 6.73. The first kappa shape index (κ1) is 18.1. The van der Waals surface area contributed by atoms with Crippen molar-refractivity contribution in [3.05, 3.63) is 29.8 Å². The number of nitrogen functional groups attached to an aromatic ring is 1. The molecule has 1 aromatic rings. The second-order valence-electron chi connectivity index (χ2n) is 6.91. The summed E-state index contributed by atoms with van der Waals surface area (Å²) in [6.45, 7) is 9.27. The normalized spacial score (nSPS) is 21.0. The highest BCUT2D eigenvalue weighted by atomic mass is 16.6. The van der Waals surface area contributed by atoms with Crippen LogP contribution in [0.1, 0.15) is 38.1 Å². The Morgan fingerprint density at radius 3 is 2.21 bits per heavy atom. The van der Waals surface area contributed by atoms with Gasteiger partial charge in [-0.25, -0.2) is 4.79 Å². The van der Waals surface area contributed by atoms with Crippen LogP contribution in [0.5, 0.6) is 0 Å². The van der Waals surface area contributed by atoms with Gasteiger partial charge in [-0.3, -0.25) is 9.69 Å². The molecule has 1 heterocycles. The van der Waals surface area contributed by atoms with Gasteiger partial charge in [0.2, 0.25) is 0 Å². The topological polar surface area (TPSA) is 75.9 Å². The highest BCUT2D eigenvalue weighted by Crippen LogP contribution is 2.20. The summed E-state index contributed by atoms with van der Waals surface area (Å²) in [6.07, 6.45) is -0.303. The van der Waals surface area contributed by atoms with E-state index in [1.54, 1.807) is 34.1 Å². The van der Waals surface area contributed by atoms with E-state index in [0.29, 0.717) is 36.9 Å². The lowest BCUT2D eigenvalue weighted by Gasteiger charge is -2.43. The molecule has 0 radical (unpaired) electrons. The van der Waals surface area contributed by atoms with Gasteiger partial charge in [-0.15, -0.1) is 0 Å². The van der Waals surface area contributed by atoms with Crippen molar-refractivity contribution < 1.29 is 14.3 Å². The Bertz CT molecular complexity index is 574. The van der Waals surface area contributed by atoms with Crippen molar-refractivity contribution >= 4 is 17.7 Å². The predicted molar refractivity (Wildman–Crippen MR) is 93.7 cm³/mol. The molecule has 1 saturated heterocycles. The molecule has 0 aromatic heterocycles. The summed E-state index contributed by atoms with van der Waals surface area (Å²) in [7, 11) is 0. The van der Waals surface area contributed by atoms with Crippen LogP contribution < -0.4 is 5.73 Å². The van der Waals surface area contributed by atoms with Crippen LogP contribution in [0.2, 0.25) is 0 Å². The second-order valence-corrected chi connectivity index (χ2v) is 6.91. The molecule has 0 aliphatic carbocycles. The number of amides is 2. The summed E-state index contributed by atoms with van der Waals surface area (Å²) in [5.74, 6) is 0.261. The minimum Gasteiger partial charge on any atom is -0.449 e. The molecule has 0 unspecified atom stereocenters. The number of nitrogens with two attached hydrogens (primary N) is 1. The van der Waals surface area contributed by atoms with Crippen LogP contribution in [0.3, 0.4) is 0 Å². The third-order valence-electron chi connectivity index (χ3n) is 4.11. The number of anilines is 1. The van der Waals surface area contributed by atoms with Crippen molar-refractivity contribution in [3.63, 3.8) is 0 Å². The standard InChI is InChI=1S/C18H27N3O3/c1-12(2)11-24-18(23)21-13(3)9-20(10-14(21)4)17(22)15-5-7-16(19)8-6-15/h5-8,12-14H,9-11,19H2,1-4H3/t13-,14+. The Kier molecular flexibility index (Phi) is 5.70. The van der Waals surface area contributed by atoms with Crippen LogP contribution in [0.25, 0.3) is 0 Å². The number of rotatable bonds is 3. The zero-order valence-electron chi connectivity index (χ0n) is 14.9. The number of piperazine rings is 1. The molecule has 6 nitrogen and oxygen atoms in total. The number of carbonyl (C=O) groups excluding carboxylic acids is 2. The molecule has 24 heavy (non-hydrogen) atoms. The zero-order chi connectivity index (χ0) is 17.9. The minimum atomic E-state index is -0.303. The van der Waals surface area contributed by atoms with E-state index < -0.39 is 0 Å². The molecule has 2 N–H and O–H groups in total. The first-order valence-corrected chi connectivity index (χ1v) is 8.39. The van der Waals surface area contributed by atoms with Gasteiger partial charge in [0.1, 0.15) is 0 Å². The van der Waals surface area contributed by atoms with Gasteiger partial charge >= 0.3 is 6.09 Å². The highest BCUT2D eigenvalue weighted by Gasteiger charge is 2.35. The van der Waals surface area contributed by atoms with E-state index in [9.17, 15) is 9.59 Å². The van der Waals surface area contributed by atoms with E-state index in [0.717, 1.165) is 0 Å². The lowest BCUT2D eigenvalue weighted by atomic mass is 10.1. The molecular formula is C18H27N3O3. The van der Waals surface area contributed by atoms with Gasteiger partial charge in [0.25, 0.3) is 5.91 Å². The summed E-state index contributed by atoms with van der Waals surface area (Å²) in [4.78, 5) is 28.5. The summed E-state index contributed by atoms with van der Waals surface area (Å²) < 4.78 is 5.35. The predicted octanol–water partition coefficient (Wildman–Crippen LogP) is 2.60. The molecule has 2 rings (SSSR count).